The van der Waals surface area contributed by atoms with Gasteiger partial charge in [-0.05, 0) is 0 Å². The van der Waals surface area contributed by atoms with Crippen molar-refractivity contribution < 1.29 is 39.4 Å². The van der Waals surface area contributed by atoms with Crippen LogP contribution in [0.1, 0.15) is 6.42 Å². The number of ether oxygens (including phenoxy) is 4. The highest BCUT2D eigenvalue weighted by atomic mass is 16.7. The first kappa shape index (κ1) is 15.1. The molecule has 0 spiro atoms. The second kappa shape index (κ2) is 6.42. The van der Waals surface area contributed by atoms with Crippen molar-refractivity contribution in [1.29, 1.82) is 0 Å². The van der Waals surface area contributed by atoms with Gasteiger partial charge in [0.2, 0.25) is 0 Å². The zero-order valence-corrected chi connectivity index (χ0v) is 10.6. The molecule has 19 heavy (non-hydrogen) atoms. The number of hydrogen-bond acceptors (Lipinski definition) is 8. The van der Waals surface area contributed by atoms with Crippen LogP contribution in [0.2, 0.25) is 0 Å². The lowest BCUT2D eigenvalue weighted by molar-refractivity contribution is -0.306. The van der Waals surface area contributed by atoms with E-state index in [1.54, 1.807) is 0 Å². The number of aliphatic hydroxyl groups excluding tert-OH is 4. The SMILES string of the molecule is COC1OC[C@@H](O[C@H]2OCC(O)C(O)[C@H]2O)CC1O. The maximum atomic E-state index is 9.71. The molecule has 2 aliphatic heterocycles. The van der Waals surface area contributed by atoms with Crippen molar-refractivity contribution in [2.75, 3.05) is 20.3 Å². The van der Waals surface area contributed by atoms with E-state index in [4.69, 9.17) is 18.9 Å². The maximum Gasteiger partial charge on any atom is 0.186 e. The normalized spacial score (nSPS) is 48.2. The fourth-order valence-electron chi connectivity index (χ4n) is 2.17. The Balaban J connectivity index is 1.85. The summed E-state index contributed by atoms with van der Waals surface area (Å²) in [7, 11) is 1.43. The number of rotatable bonds is 3. The van der Waals surface area contributed by atoms with Crippen molar-refractivity contribution in [3.8, 4) is 0 Å². The van der Waals surface area contributed by atoms with Crippen LogP contribution in [0.3, 0.4) is 0 Å². The van der Waals surface area contributed by atoms with E-state index in [0.29, 0.717) is 0 Å². The first-order chi connectivity index (χ1) is 9.02. The molecule has 4 N–H and O–H groups in total. The second-order valence-electron chi connectivity index (χ2n) is 4.75. The molecule has 0 aliphatic carbocycles. The Bertz CT molecular complexity index is 288. The molecule has 0 bridgehead atoms. The molecule has 2 heterocycles. The second-order valence-corrected chi connectivity index (χ2v) is 4.75. The predicted molar refractivity (Wildman–Crippen MR) is 60.0 cm³/mol. The van der Waals surface area contributed by atoms with Gasteiger partial charge in [-0.3, -0.25) is 0 Å². The summed E-state index contributed by atoms with van der Waals surface area (Å²) in [6.45, 7) is 0.0561. The van der Waals surface area contributed by atoms with Crippen molar-refractivity contribution in [3.63, 3.8) is 0 Å². The van der Waals surface area contributed by atoms with E-state index in [1.165, 1.54) is 7.11 Å². The van der Waals surface area contributed by atoms with Crippen molar-refractivity contribution in [3.05, 3.63) is 0 Å². The topological polar surface area (TPSA) is 118 Å². The van der Waals surface area contributed by atoms with Gasteiger partial charge < -0.3 is 39.4 Å². The fraction of sp³-hybridized carbons (Fsp3) is 1.00. The third-order valence-corrected chi connectivity index (χ3v) is 3.28. The molecule has 7 atom stereocenters. The molecule has 2 fully saturated rings. The molecular formula is C11H20O8. The summed E-state index contributed by atoms with van der Waals surface area (Å²) in [6, 6.07) is 0. The molecule has 2 rings (SSSR count). The van der Waals surface area contributed by atoms with Gasteiger partial charge in [-0.2, -0.15) is 0 Å². The molecule has 0 radical (unpaired) electrons. The van der Waals surface area contributed by atoms with Gasteiger partial charge in [0, 0.05) is 13.5 Å². The zero-order valence-electron chi connectivity index (χ0n) is 10.6. The monoisotopic (exact) mass is 280 g/mol. The van der Waals surface area contributed by atoms with E-state index in [2.05, 4.69) is 0 Å². The lowest BCUT2D eigenvalue weighted by Gasteiger charge is -2.39. The number of aliphatic hydroxyl groups is 4. The van der Waals surface area contributed by atoms with Crippen molar-refractivity contribution in [1.82, 2.24) is 0 Å². The quantitative estimate of drug-likeness (QED) is 0.450. The van der Waals surface area contributed by atoms with Gasteiger partial charge in [0.15, 0.2) is 12.6 Å². The van der Waals surface area contributed by atoms with Crippen LogP contribution in [0.25, 0.3) is 0 Å². The molecule has 0 amide bonds. The molecule has 0 aromatic heterocycles. The molecule has 2 aliphatic rings. The highest BCUT2D eigenvalue weighted by Gasteiger charge is 2.41. The number of methoxy groups -OCH3 is 1. The van der Waals surface area contributed by atoms with E-state index < -0.39 is 43.1 Å². The molecule has 0 aromatic rings. The largest absolute Gasteiger partial charge is 0.388 e. The maximum absolute atomic E-state index is 9.71. The molecule has 0 saturated carbocycles. The summed E-state index contributed by atoms with van der Waals surface area (Å²) in [5, 5.41) is 38.2. The average molecular weight is 280 g/mol. The first-order valence-corrected chi connectivity index (χ1v) is 6.16. The highest BCUT2D eigenvalue weighted by Crippen LogP contribution is 2.23. The molecule has 112 valence electrons. The van der Waals surface area contributed by atoms with E-state index in [1.807, 2.05) is 0 Å². The minimum absolute atomic E-state index is 0.125. The first-order valence-electron chi connectivity index (χ1n) is 6.16. The summed E-state index contributed by atoms with van der Waals surface area (Å²) in [5.74, 6) is 0. The van der Waals surface area contributed by atoms with Crippen molar-refractivity contribution in [2.24, 2.45) is 0 Å². The van der Waals surface area contributed by atoms with Gasteiger partial charge in [0.05, 0.1) is 19.3 Å². The molecular weight excluding hydrogens is 260 g/mol. The third-order valence-electron chi connectivity index (χ3n) is 3.28. The van der Waals surface area contributed by atoms with Crippen LogP contribution in [0.4, 0.5) is 0 Å². The Kier molecular flexibility index (Phi) is 5.09. The van der Waals surface area contributed by atoms with Gasteiger partial charge in [-0.15, -0.1) is 0 Å². The van der Waals surface area contributed by atoms with Gasteiger partial charge in [0.25, 0.3) is 0 Å². The number of hydrogen-bond donors (Lipinski definition) is 4. The van der Waals surface area contributed by atoms with Gasteiger partial charge in [0.1, 0.15) is 24.4 Å². The molecule has 0 aromatic carbocycles. The van der Waals surface area contributed by atoms with Crippen LogP contribution < -0.4 is 0 Å². The smallest absolute Gasteiger partial charge is 0.186 e. The van der Waals surface area contributed by atoms with Gasteiger partial charge in [-0.1, -0.05) is 0 Å². The zero-order chi connectivity index (χ0) is 14.0. The Labute approximate surface area is 110 Å². The Morgan fingerprint density at radius 2 is 1.58 bits per heavy atom. The molecule has 8 heteroatoms. The third kappa shape index (κ3) is 3.41. The van der Waals surface area contributed by atoms with E-state index in [0.717, 1.165) is 0 Å². The summed E-state index contributed by atoms with van der Waals surface area (Å²) < 4.78 is 20.7. The summed E-state index contributed by atoms with van der Waals surface area (Å²) in [5.41, 5.74) is 0. The molecule has 2 saturated heterocycles. The van der Waals surface area contributed by atoms with Crippen molar-refractivity contribution in [2.45, 2.75) is 49.5 Å². The van der Waals surface area contributed by atoms with Crippen LogP contribution in [0.15, 0.2) is 0 Å². The Morgan fingerprint density at radius 1 is 0.895 bits per heavy atom. The lowest BCUT2D eigenvalue weighted by Crippen LogP contribution is -2.55. The van der Waals surface area contributed by atoms with E-state index >= 15 is 0 Å². The summed E-state index contributed by atoms with van der Waals surface area (Å²) >= 11 is 0. The Hall–Kier alpha value is -0.320. The molecule has 8 nitrogen and oxygen atoms in total. The lowest BCUT2D eigenvalue weighted by atomic mass is 10.0. The Morgan fingerprint density at radius 3 is 2.21 bits per heavy atom. The highest BCUT2D eigenvalue weighted by molar-refractivity contribution is 4.84. The van der Waals surface area contributed by atoms with Crippen LogP contribution in [-0.4, -0.2) is 83.8 Å². The van der Waals surface area contributed by atoms with E-state index in [-0.39, 0.29) is 19.6 Å². The van der Waals surface area contributed by atoms with Crippen molar-refractivity contribution >= 4 is 0 Å². The fourth-order valence-corrected chi connectivity index (χ4v) is 2.17. The standard InChI is InChI=1S/C11H20O8/c1-16-10-6(12)2-5(3-17-10)19-11-9(15)8(14)7(13)4-18-11/h5-15H,2-4H2,1H3/t5-,6?,7?,8?,9+,10?,11+/m0/s1. The predicted octanol–water partition coefficient (Wildman–Crippen LogP) is -2.44. The molecule has 4 unspecified atom stereocenters. The van der Waals surface area contributed by atoms with Crippen LogP contribution in [0, 0.1) is 0 Å². The average Bonchev–Trinajstić information content (AvgIpc) is 2.40. The van der Waals surface area contributed by atoms with Crippen LogP contribution >= 0.6 is 0 Å². The van der Waals surface area contributed by atoms with E-state index in [9.17, 15) is 20.4 Å². The minimum Gasteiger partial charge on any atom is -0.388 e. The van der Waals surface area contributed by atoms with Gasteiger partial charge >= 0.3 is 0 Å². The van der Waals surface area contributed by atoms with Gasteiger partial charge in [-0.25, -0.2) is 0 Å². The summed E-state index contributed by atoms with van der Waals surface area (Å²) in [6.07, 6.45) is -6.60. The summed E-state index contributed by atoms with van der Waals surface area (Å²) in [4.78, 5) is 0. The van der Waals surface area contributed by atoms with Crippen LogP contribution in [-0.2, 0) is 18.9 Å². The van der Waals surface area contributed by atoms with Crippen LogP contribution in [0.5, 0.6) is 0 Å². The minimum atomic E-state index is -1.35.